The summed E-state index contributed by atoms with van der Waals surface area (Å²) >= 11 is 0. The third kappa shape index (κ3) is 4.27. The minimum absolute atomic E-state index is 0.0601. The molecule has 4 aromatic rings. The molecular formula is C22H20N4O4. The van der Waals surface area contributed by atoms with Gasteiger partial charge < -0.3 is 14.1 Å². The zero-order chi connectivity index (χ0) is 21.1. The van der Waals surface area contributed by atoms with Crippen LogP contribution in [0.3, 0.4) is 0 Å². The number of fused-ring (bicyclic) bond motifs is 1. The normalized spacial score (nSPS) is 12.1. The van der Waals surface area contributed by atoms with Gasteiger partial charge in [-0.15, -0.1) is 10.2 Å². The number of carbonyl (C=O) groups excluding carboxylic acids is 1. The number of esters is 1. The average Bonchev–Trinajstić information content (AvgIpc) is 3.23. The Morgan fingerprint density at radius 2 is 1.90 bits per heavy atom. The second kappa shape index (κ2) is 8.28. The van der Waals surface area contributed by atoms with Gasteiger partial charge in [0.05, 0.1) is 17.3 Å². The molecular weight excluding hydrogens is 384 g/mol. The van der Waals surface area contributed by atoms with Gasteiger partial charge in [0.1, 0.15) is 5.82 Å². The van der Waals surface area contributed by atoms with Gasteiger partial charge in [-0.3, -0.25) is 9.59 Å². The number of carbonyl (C=O) groups is 1. The van der Waals surface area contributed by atoms with Gasteiger partial charge >= 0.3 is 5.97 Å². The number of nitrogens with one attached hydrogen (secondary N) is 1. The number of ether oxygens (including phenoxy) is 1. The average molecular weight is 404 g/mol. The lowest BCUT2D eigenvalue weighted by Crippen LogP contribution is -2.14. The smallest absolute Gasteiger partial charge is 0.307 e. The summed E-state index contributed by atoms with van der Waals surface area (Å²) in [5.41, 5.74) is 2.28. The van der Waals surface area contributed by atoms with E-state index in [-0.39, 0.29) is 24.3 Å². The topological polar surface area (TPSA) is 111 Å². The largest absolute Gasteiger partial charge is 0.453 e. The summed E-state index contributed by atoms with van der Waals surface area (Å²) in [6.07, 6.45) is -0.373. The van der Waals surface area contributed by atoms with E-state index in [2.05, 4.69) is 20.2 Å². The number of hydrogen-bond donors (Lipinski definition) is 1. The van der Waals surface area contributed by atoms with Gasteiger partial charge in [-0.1, -0.05) is 29.8 Å². The lowest BCUT2D eigenvalue weighted by atomic mass is 10.1. The fraction of sp³-hybridized carbons (Fsp3) is 0.227. The maximum absolute atomic E-state index is 12.2. The molecule has 0 saturated heterocycles. The molecule has 2 aromatic heterocycles. The van der Waals surface area contributed by atoms with Crippen LogP contribution in [-0.4, -0.2) is 26.1 Å². The first-order valence-electron chi connectivity index (χ1n) is 9.57. The molecule has 8 heteroatoms. The van der Waals surface area contributed by atoms with Crippen LogP contribution in [0, 0.1) is 6.92 Å². The van der Waals surface area contributed by atoms with Gasteiger partial charge in [-0.05, 0) is 38.1 Å². The van der Waals surface area contributed by atoms with Crippen LogP contribution in [0.15, 0.2) is 57.7 Å². The van der Waals surface area contributed by atoms with Crippen molar-refractivity contribution in [2.24, 2.45) is 0 Å². The summed E-state index contributed by atoms with van der Waals surface area (Å²) in [5.74, 6) is 0.568. The van der Waals surface area contributed by atoms with Crippen molar-refractivity contribution in [2.45, 2.75) is 32.8 Å². The second-order valence-electron chi connectivity index (χ2n) is 6.97. The van der Waals surface area contributed by atoms with Gasteiger partial charge in [0.25, 0.3) is 11.4 Å². The Balaban J connectivity index is 1.37. The molecule has 2 heterocycles. The van der Waals surface area contributed by atoms with Crippen LogP contribution in [0.2, 0.25) is 0 Å². The highest BCUT2D eigenvalue weighted by molar-refractivity contribution is 5.77. The molecule has 2 aromatic carbocycles. The number of nitrogens with zero attached hydrogens (tertiary/aromatic N) is 3. The molecule has 0 aliphatic rings. The summed E-state index contributed by atoms with van der Waals surface area (Å²) in [5, 5.41) is 8.51. The minimum Gasteiger partial charge on any atom is -0.453 e. The predicted octanol–water partition coefficient (Wildman–Crippen LogP) is 3.52. The van der Waals surface area contributed by atoms with Crippen molar-refractivity contribution in [1.29, 1.82) is 0 Å². The van der Waals surface area contributed by atoms with Crippen LogP contribution >= 0.6 is 0 Å². The highest BCUT2D eigenvalue weighted by Crippen LogP contribution is 2.23. The molecule has 0 aliphatic heterocycles. The van der Waals surface area contributed by atoms with E-state index in [1.807, 2.05) is 37.3 Å². The molecule has 0 radical (unpaired) electrons. The summed E-state index contributed by atoms with van der Waals surface area (Å²) in [7, 11) is 0. The van der Waals surface area contributed by atoms with Crippen molar-refractivity contribution in [3.8, 4) is 11.5 Å². The van der Waals surface area contributed by atoms with E-state index in [0.29, 0.717) is 22.6 Å². The highest BCUT2D eigenvalue weighted by Gasteiger charge is 2.19. The molecule has 1 N–H and O–H groups in total. The maximum Gasteiger partial charge on any atom is 0.307 e. The van der Waals surface area contributed by atoms with Crippen LogP contribution in [0.5, 0.6) is 0 Å². The third-order valence-corrected chi connectivity index (χ3v) is 4.62. The van der Waals surface area contributed by atoms with Gasteiger partial charge in [-0.25, -0.2) is 4.98 Å². The zero-order valence-electron chi connectivity index (χ0n) is 16.6. The first-order chi connectivity index (χ1) is 14.5. The summed E-state index contributed by atoms with van der Waals surface area (Å²) in [4.78, 5) is 31.4. The first-order valence-corrected chi connectivity index (χ1v) is 9.57. The summed E-state index contributed by atoms with van der Waals surface area (Å²) in [6, 6.07) is 14.7. The highest BCUT2D eigenvalue weighted by atomic mass is 16.6. The number of H-pyrrole nitrogens is 1. The number of aromatic nitrogens is 4. The molecule has 0 bridgehead atoms. The van der Waals surface area contributed by atoms with Gasteiger partial charge in [-0.2, -0.15) is 0 Å². The second-order valence-corrected chi connectivity index (χ2v) is 6.97. The molecule has 1 atom stereocenters. The molecule has 0 fully saturated rings. The van der Waals surface area contributed by atoms with Crippen LogP contribution in [0.1, 0.15) is 36.7 Å². The first kappa shape index (κ1) is 19.5. The molecule has 0 spiro atoms. The van der Waals surface area contributed by atoms with Crippen LogP contribution in [-0.2, 0) is 16.0 Å². The molecule has 8 nitrogen and oxygen atoms in total. The molecule has 30 heavy (non-hydrogen) atoms. The number of aryl methyl sites for hydroxylation is 2. The van der Waals surface area contributed by atoms with Crippen molar-refractivity contribution in [3.05, 3.63) is 76.2 Å². The van der Waals surface area contributed by atoms with E-state index in [9.17, 15) is 9.59 Å². The standard InChI is InChI=1S/C22H20N4O4/c1-13-7-9-15(10-8-13)22-26-25-21(30-22)14(2)29-19(27)12-11-18-23-17-6-4-3-5-16(17)20(28)24-18/h3-10,14H,11-12H2,1-2H3,(H,23,24,28)/t14-/m0/s1. The van der Waals surface area contributed by atoms with Crippen LogP contribution in [0.4, 0.5) is 0 Å². The van der Waals surface area contributed by atoms with E-state index >= 15 is 0 Å². The Morgan fingerprint density at radius 1 is 1.13 bits per heavy atom. The molecule has 152 valence electrons. The summed E-state index contributed by atoms with van der Waals surface area (Å²) < 4.78 is 11.0. The Hall–Kier alpha value is -3.81. The molecule has 0 amide bonds. The number of hydrogen-bond acceptors (Lipinski definition) is 7. The Bertz CT molecular complexity index is 1240. The van der Waals surface area contributed by atoms with Gasteiger partial charge in [0.15, 0.2) is 6.10 Å². The van der Waals surface area contributed by atoms with Crippen LogP contribution in [0.25, 0.3) is 22.4 Å². The van der Waals surface area contributed by atoms with Crippen molar-refractivity contribution >= 4 is 16.9 Å². The Morgan fingerprint density at radius 3 is 2.70 bits per heavy atom. The Labute approximate surface area is 171 Å². The lowest BCUT2D eigenvalue weighted by Gasteiger charge is -2.09. The predicted molar refractivity (Wildman–Crippen MR) is 110 cm³/mol. The fourth-order valence-electron chi connectivity index (χ4n) is 2.99. The van der Waals surface area contributed by atoms with Crippen molar-refractivity contribution in [1.82, 2.24) is 20.2 Å². The van der Waals surface area contributed by atoms with Crippen LogP contribution < -0.4 is 5.56 Å². The van der Waals surface area contributed by atoms with E-state index in [1.165, 1.54) is 0 Å². The number of rotatable bonds is 6. The molecule has 0 aliphatic carbocycles. The third-order valence-electron chi connectivity index (χ3n) is 4.62. The SMILES string of the molecule is Cc1ccc(-c2nnc([C@H](C)OC(=O)CCc3nc4ccccc4c(=O)[nH]3)o2)cc1. The number of para-hydroxylation sites is 1. The van der Waals surface area contributed by atoms with E-state index in [4.69, 9.17) is 9.15 Å². The quantitative estimate of drug-likeness (QED) is 0.489. The monoisotopic (exact) mass is 404 g/mol. The summed E-state index contributed by atoms with van der Waals surface area (Å²) in [6.45, 7) is 3.66. The molecule has 4 rings (SSSR count). The lowest BCUT2D eigenvalue weighted by molar-refractivity contribution is -0.149. The molecule has 0 unspecified atom stereocenters. The Kier molecular flexibility index (Phi) is 5.38. The van der Waals surface area contributed by atoms with Crippen molar-refractivity contribution < 1.29 is 13.9 Å². The van der Waals surface area contributed by atoms with E-state index in [0.717, 1.165) is 11.1 Å². The number of benzene rings is 2. The van der Waals surface area contributed by atoms with Gasteiger partial charge in [0.2, 0.25) is 5.89 Å². The zero-order valence-corrected chi connectivity index (χ0v) is 16.6. The number of aromatic amines is 1. The molecule has 0 saturated carbocycles. The maximum atomic E-state index is 12.2. The fourth-order valence-corrected chi connectivity index (χ4v) is 2.99. The van der Waals surface area contributed by atoms with Crippen molar-refractivity contribution in [2.75, 3.05) is 0 Å². The minimum atomic E-state index is -0.687. The van der Waals surface area contributed by atoms with E-state index < -0.39 is 12.1 Å². The van der Waals surface area contributed by atoms with Crippen molar-refractivity contribution in [3.63, 3.8) is 0 Å². The van der Waals surface area contributed by atoms with E-state index in [1.54, 1.807) is 25.1 Å². The van der Waals surface area contributed by atoms with Gasteiger partial charge in [0, 0.05) is 12.0 Å².